The molecule has 2 nitrogen and oxygen atoms in total. The average molecular weight is 373 g/mol. The Morgan fingerprint density at radius 1 is 1.08 bits per heavy atom. The fraction of sp³-hybridized carbons (Fsp3) is 0.238. The lowest BCUT2D eigenvalue weighted by Gasteiger charge is -2.26. The van der Waals surface area contributed by atoms with E-state index < -0.39 is 0 Å². The predicted octanol–water partition coefficient (Wildman–Crippen LogP) is 5.57. The van der Waals surface area contributed by atoms with Gasteiger partial charge in [-0.05, 0) is 42.2 Å². The maximum atomic E-state index is 6.17. The van der Waals surface area contributed by atoms with Crippen molar-refractivity contribution in [1.82, 2.24) is 9.88 Å². The van der Waals surface area contributed by atoms with Crippen LogP contribution in [0.15, 0.2) is 60.8 Å². The van der Waals surface area contributed by atoms with E-state index >= 15 is 0 Å². The summed E-state index contributed by atoms with van der Waals surface area (Å²) in [5.74, 6) is 0. The minimum Gasteiger partial charge on any atom is -0.361 e. The topological polar surface area (TPSA) is 19.0 Å². The molecule has 2 heterocycles. The summed E-state index contributed by atoms with van der Waals surface area (Å²) in [6.07, 6.45) is 6.70. The normalized spacial score (nSPS) is 15.0. The van der Waals surface area contributed by atoms with E-state index in [0.29, 0.717) is 0 Å². The fourth-order valence-corrected chi connectivity index (χ4v) is 3.62. The Hall–Kier alpha value is -1.74. The second-order valence-corrected chi connectivity index (χ2v) is 6.84. The van der Waals surface area contributed by atoms with Crippen molar-refractivity contribution < 1.29 is 0 Å². The number of rotatable bonds is 4. The summed E-state index contributed by atoms with van der Waals surface area (Å²) < 4.78 is 0. The van der Waals surface area contributed by atoms with E-state index in [1.165, 1.54) is 22.1 Å². The number of hydrogen-bond donors (Lipinski definition) is 1. The predicted molar refractivity (Wildman–Crippen MR) is 110 cm³/mol. The molecule has 2 aromatic carbocycles. The van der Waals surface area contributed by atoms with Crippen molar-refractivity contribution in [3.63, 3.8) is 0 Å². The van der Waals surface area contributed by atoms with Crippen LogP contribution in [0.1, 0.15) is 17.5 Å². The average Bonchev–Trinajstić information content (AvgIpc) is 3.04. The van der Waals surface area contributed by atoms with Gasteiger partial charge in [-0.2, -0.15) is 0 Å². The Morgan fingerprint density at radius 2 is 1.92 bits per heavy atom. The summed E-state index contributed by atoms with van der Waals surface area (Å²) >= 11 is 6.17. The van der Waals surface area contributed by atoms with Gasteiger partial charge in [0.25, 0.3) is 0 Å². The van der Waals surface area contributed by atoms with Crippen molar-refractivity contribution >= 4 is 40.5 Å². The summed E-state index contributed by atoms with van der Waals surface area (Å²) in [7, 11) is 0. The Balaban J connectivity index is 0.00000182. The molecule has 1 N–H and O–H groups in total. The first-order chi connectivity index (χ1) is 11.8. The van der Waals surface area contributed by atoms with Gasteiger partial charge < -0.3 is 4.98 Å². The number of nitrogens with one attached hydrogen (secondary N) is 1. The molecule has 0 fully saturated rings. The first-order valence-corrected chi connectivity index (χ1v) is 8.90. The molecule has 1 aliphatic heterocycles. The van der Waals surface area contributed by atoms with E-state index in [0.717, 1.165) is 43.0 Å². The van der Waals surface area contributed by atoms with Gasteiger partial charge in [0.05, 0.1) is 0 Å². The van der Waals surface area contributed by atoms with Gasteiger partial charge >= 0.3 is 0 Å². The van der Waals surface area contributed by atoms with Gasteiger partial charge in [-0.1, -0.05) is 48.0 Å². The summed E-state index contributed by atoms with van der Waals surface area (Å²) in [6.45, 7) is 3.26. The number of nitrogens with zero attached hydrogens (tertiary/aromatic N) is 1. The van der Waals surface area contributed by atoms with E-state index in [-0.39, 0.29) is 12.4 Å². The first kappa shape index (κ1) is 18.1. The Kier molecular flexibility index (Phi) is 5.85. The fourth-order valence-electron chi connectivity index (χ4n) is 3.45. The van der Waals surface area contributed by atoms with Crippen molar-refractivity contribution in [3.05, 3.63) is 77.0 Å². The van der Waals surface area contributed by atoms with Crippen LogP contribution in [0.5, 0.6) is 0 Å². The quantitative estimate of drug-likeness (QED) is 0.633. The number of H-pyrrole nitrogens is 1. The van der Waals surface area contributed by atoms with Crippen LogP contribution >= 0.6 is 24.0 Å². The molecular weight excluding hydrogens is 351 g/mol. The molecule has 0 saturated heterocycles. The van der Waals surface area contributed by atoms with Gasteiger partial charge in [0.15, 0.2) is 0 Å². The van der Waals surface area contributed by atoms with Crippen LogP contribution in [0.2, 0.25) is 5.02 Å². The van der Waals surface area contributed by atoms with Crippen molar-refractivity contribution in [1.29, 1.82) is 0 Å². The lowest BCUT2D eigenvalue weighted by atomic mass is 9.98. The minimum atomic E-state index is 0. The van der Waals surface area contributed by atoms with Crippen molar-refractivity contribution in [2.24, 2.45) is 0 Å². The molecule has 25 heavy (non-hydrogen) atoms. The Morgan fingerprint density at radius 3 is 2.68 bits per heavy atom. The third kappa shape index (κ3) is 4.09. The molecule has 130 valence electrons. The minimum absolute atomic E-state index is 0. The van der Waals surface area contributed by atoms with Gasteiger partial charge in [0.2, 0.25) is 0 Å². The van der Waals surface area contributed by atoms with Crippen LogP contribution in [0.4, 0.5) is 0 Å². The number of benzene rings is 2. The molecule has 0 radical (unpaired) electrons. The van der Waals surface area contributed by atoms with E-state index in [1.807, 2.05) is 6.07 Å². The zero-order valence-corrected chi connectivity index (χ0v) is 15.6. The summed E-state index contributed by atoms with van der Waals surface area (Å²) in [5, 5.41) is 2.02. The molecule has 1 aliphatic rings. The van der Waals surface area contributed by atoms with Crippen molar-refractivity contribution in [2.45, 2.75) is 12.8 Å². The molecular formula is C21H22Cl2N2. The zero-order valence-electron chi connectivity index (χ0n) is 14.0. The van der Waals surface area contributed by atoms with Crippen LogP contribution < -0.4 is 0 Å². The second kappa shape index (κ2) is 8.09. The Bertz CT molecular complexity index is 868. The summed E-state index contributed by atoms with van der Waals surface area (Å²) in [6, 6.07) is 16.8. The standard InChI is InChI=1S/C21H21ClN2.ClH/c22-18-6-7-21-19(14-18)20(15-23-21)17-9-12-24(13-10-17)11-8-16-4-2-1-3-5-16;/h1-7,9,14-15,23H,8,10-13H2;1H. The monoisotopic (exact) mass is 372 g/mol. The van der Waals surface area contributed by atoms with Crippen molar-refractivity contribution in [2.75, 3.05) is 19.6 Å². The Labute approximate surface area is 159 Å². The zero-order chi connectivity index (χ0) is 16.4. The molecule has 4 rings (SSSR count). The molecule has 0 bridgehead atoms. The van der Waals surface area contributed by atoms with E-state index in [4.69, 9.17) is 11.6 Å². The number of aromatic amines is 1. The lowest BCUT2D eigenvalue weighted by molar-refractivity contribution is 0.306. The van der Waals surface area contributed by atoms with Gasteiger partial charge in [-0.3, -0.25) is 4.90 Å². The molecule has 0 aliphatic carbocycles. The summed E-state index contributed by atoms with van der Waals surface area (Å²) in [4.78, 5) is 5.88. The molecule has 0 atom stereocenters. The van der Waals surface area contributed by atoms with E-state index in [1.54, 1.807) is 0 Å². The van der Waals surface area contributed by atoms with Crippen LogP contribution in [0.3, 0.4) is 0 Å². The molecule has 0 saturated carbocycles. The molecule has 0 unspecified atom stereocenters. The third-order valence-electron chi connectivity index (χ3n) is 4.84. The van der Waals surface area contributed by atoms with E-state index in [9.17, 15) is 0 Å². The van der Waals surface area contributed by atoms with Gasteiger partial charge in [-0.25, -0.2) is 0 Å². The second-order valence-electron chi connectivity index (χ2n) is 6.41. The highest BCUT2D eigenvalue weighted by atomic mass is 35.5. The lowest BCUT2D eigenvalue weighted by Crippen LogP contribution is -2.30. The highest BCUT2D eigenvalue weighted by molar-refractivity contribution is 6.31. The third-order valence-corrected chi connectivity index (χ3v) is 5.08. The van der Waals surface area contributed by atoms with Gasteiger partial charge in [0, 0.05) is 47.3 Å². The molecule has 1 aromatic heterocycles. The molecule has 0 amide bonds. The van der Waals surface area contributed by atoms with Crippen LogP contribution in [-0.4, -0.2) is 29.5 Å². The SMILES string of the molecule is Cl.Clc1ccc2[nH]cc(C3=CCN(CCc4ccccc4)CC3)c2c1. The van der Waals surface area contributed by atoms with Crippen LogP contribution in [0.25, 0.3) is 16.5 Å². The molecule has 3 aromatic rings. The largest absolute Gasteiger partial charge is 0.361 e. The molecule has 4 heteroatoms. The summed E-state index contributed by atoms with van der Waals surface area (Å²) in [5.41, 5.74) is 5.30. The van der Waals surface area contributed by atoms with E-state index in [2.05, 4.69) is 64.6 Å². The van der Waals surface area contributed by atoms with Gasteiger partial charge in [0.1, 0.15) is 0 Å². The smallest absolute Gasteiger partial charge is 0.0461 e. The number of fused-ring (bicyclic) bond motifs is 1. The highest BCUT2D eigenvalue weighted by Gasteiger charge is 2.15. The first-order valence-electron chi connectivity index (χ1n) is 8.52. The highest BCUT2D eigenvalue weighted by Crippen LogP contribution is 2.30. The molecule has 0 spiro atoms. The maximum Gasteiger partial charge on any atom is 0.0461 e. The number of hydrogen-bond acceptors (Lipinski definition) is 1. The number of aromatic nitrogens is 1. The maximum absolute atomic E-state index is 6.17. The van der Waals surface area contributed by atoms with Crippen LogP contribution in [0, 0.1) is 0 Å². The van der Waals surface area contributed by atoms with Crippen molar-refractivity contribution in [3.8, 4) is 0 Å². The van der Waals surface area contributed by atoms with Gasteiger partial charge in [-0.15, -0.1) is 12.4 Å². The van der Waals surface area contributed by atoms with Crippen LogP contribution in [-0.2, 0) is 6.42 Å². The number of halogens is 2.